The van der Waals surface area contributed by atoms with E-state index in [-0.39, 0.29) is 5.91 Å². The van der Waals surface area contributed by atoms with E-state index in [1.807, 2.05) is 4.90 Å². The molecule has 8 nitrogen and oxygen atoms in total. The Labute approximate surface area is 171 Å². The van der Waals surface area contributed by atoms with Crippen LogP contribution in [-0.2, 0) is 17.8 Å². The largest absolute Gasteiger partial charge is 0.493 e. The number of ether oxygens (including phenoxy) is 2. The van der Waals surface area contributed by atoms with Gasteiger partial charge in [0.15, 0.2) is 11.5 Å². The summed E-state index contributed by atoms with van der Waals surface area (Å²) in [6, 6.07) is 6.18. The number of carbonyl (C=O) groups is 1. The lowest BCUT2D eigenvalue weighted by molar-refractivity contribution is -0.129. The van der Waals surface area contributed by atoms with Crippen molar-refractivity contribution in [3.8, 4) is 11.5 Å². The van der Waals surface area contributed by atoms with Crippen molar-refractivity contribution in [2.75, 3.05) is 56.7 Å². The third kappa shape index (κ3) is 3.92. The molecule has 0 spiro atoms. The van der Waals surface area contributed by atoms with Gasteiger partial charge in [-0.15, -0.1) is 0 Å². The van der Waals surface area contributed by atoms with Crippen molar-refractivity contribution in [1.29, 1.82) is 0 Å². The van der Waals surface area contributed by atoms with E-state index >= 15 is 0 Å². The molecule has 1 aromatic heterocycles. The molecule has 0 radical (unpaired) electrons. The molecule has 154 valence electrons. The Balaban J connectivity index is 1.50. The van der Waals surface area contributed by atoms with Crippen molar-refractivity contribution in [2.24, 2.45) is 0 Å². The van der Waals surface area contributed by atoms with Gasteiger partial charge < -0.3 is 24.2 Å². The summed E-state index contributed by atoms with van der Waals surface area (Å²) in [7, 11) is 3.32. The van der Waals surface area contributed by atoms with E-state index in [2.05, 4.69) is 38.0 Å². The first-order valence-corrected chi connectivity index (χ1v) is 9.90. The number of aromatic nitrogens is 2. The highest BCUT2D eigenvalue weighted by Gasteiger charge is 2.23. The lowest BCUT2D eigenvalue weighted by atomic mass is 9.99. The maximum atomic E-state index is 11.5. The molecule has 4 rings (SSSR count). The summed E-state index contributed by atoms with van der Waals surface area (Å²) in [5.41, 5.74) is 2.51. The molecule has 2 aliphatic heterocycles. The number of rotatable bonds is 4. The number of piperazine rings is 1. The van der Waals surface area contributed by atoms with Gasteiger partial charge in [-0.2, -0.15) is 0 Å². The maximum absolute atomic E-state index is 11.5. The summed E-state index contributed by atoms with van der Waals surface area (Å²) in [6.07, 6.45) is 2.55. The van der Waals surface area contributed by atoms with Crippen LogP contribution in [-0.4, -0.2) is 67.7 Å². The van der Waals surface area contributed by atoms with Crippen LogP contribution in [0.25, 0.3) is 0 Å². The molecule has 0 unspecified atom stereocenters. The third-order valence-electron chi connectivity index (χ3n) is 5.73. The van der Waals surface area contributed by atoms with E-state index in [0.29, 0.717) is 0 Å². The van der Waals surface area contributed by atoms with Gasteiger partial charge in [-0.05, 0) is 29.7 Å². The maximum Gasteiger partial charge on any atom is 0.219 e. The summed E-state index contributed by atoms with van der Waals surface area (Å²) in [4.78, 5) is 26.9. The second-order valence-corrected chi connectivity index (χ2v) is 7.37. The van der Waals surface area contributed by atoms with Crippen LogP contribution in [0, 0.1) is 0 Å². The average Bonchev–Trinajstić information content (AvgIpc) is 2.77. The van der Waals surface area contributed by atoms with Crippen LogP contribution in [0.3, 0.4) is 0 Å². The number of fused-ring (bicyclic) bond motifs is 1. The van der Waals surface area contributed by atoms with Crippen LogP contribution in [0.2, 0.25) is 0 Å². The van der Waals surface area contributed by atoms with E-state index in [0.717, 1.165) is 68.8 Å². The van der Waals surface area contributed by atoms with Crippen LogP contribution in [0.5, 0.6) is 11.5 Å². The van der Waals surface area contributed by atoms with E-state index in [4.69, 9.17) is 9.47 Å². The van der Waals surface area contributed by atoms with Gasteiger partial charge in [-0.25, -0.2) is 9.97 Å². The molecule has 2 aromatic rings. The van der Waals surface area contributed by atoms with Crippen molar-refractivity contribution < 1.29 is 14.3 Å². The number of methoxy groups -OCH3 is 2. The Morgan fingerprint density at radius 1 is 0.862 bits per heavy atom. The highest BCUT2D eigenvalue weighted by molar-refractivity contribution is 5.73. The molecule has 3 heterocycles. The lowest BCUT2D eigenvalue weighted by Crippen LogP contribution is -2.48. The number of hydrogen-bond donors (Lipinski definition) is 0. The Bertz CT molecular complexity index is 896. The predicted octanol–water partition coefficient (Wildman–Crippen LogP) is 1.72. The predicted molar refractivity (Wildman–Crippen MR) is 111 cm³/mol. The Morgan fingerprint density at radius 2 is 1.48 bits per heavy atom. The standard InChI is InChI=1S/C21H27N5O3/c1-15(27)24-6-8-25(9-7-24)20-12-21(23-14-22-20)26-5-4-16-10-18(28-2)19(29-3)11-17(16)13-26/h10-12,14H,4-9,13H2,1-3H3. The van der Waals surface area contributed by atoms with Crippen LogP contribution < -0.4 is 19.3 Å². The quantitative estimate of drug-likeness (QED) is 0.778. The van der Waals surface area contributed by atoms with Crippen molar-refractivity contribution in [3.05, 3.63) is 35.7 Å². The van der Waals surface area contributed by atoms with Gasteiger partial charge in [0.05, 0.1) is 14.2 Å². The molecule has 0 aliphatic carbocycles. The summed E-state index contributed by atoms with van der Waals surface area (Å²) < 4.78 is 10.9. The zero-order valence-electron chi connectivity index (χ0n) is 17.2. The monoisotopic (exact) mass is 397 g/mol. The van der Waals surface area contributed by atoms with Gasteiger partial charge in [-0.3, -0.25) is 4.79 Å². The zero-order chi connectivity index (χ0) is 20.4. The number of hydrogen-bond acceptors (Lipinski definition) is 7. The Hall–Kier alpha value is -3.03. The summed E-state index contributed by atoms with van der Waals surface area (Å²) in [5, 5.41) is 0. The first-order chi connectivity index (χ1) is 14.1. The highest BCUT2D eigenvalue weighted by atomic mass is 16.5. The van der Waals surface area contributed by atoms with Crippen LogP contribution in [0.1, 0.15) is 18.1 Å². The van der Waals surface area contributed by atoms with Gasteiger partial charge >= 0.3 is 0 Å². The molecule has 0 saturated carbocycles. The minimum atomic E-state index is 0.132. The number of benzene rings is 1. The second kappa shape index (κ2) is 8.14. The van der Waals surface area contributed by atoms with Crippen molar-refractivity contribution in [2.45, 2.75) is 19.9 Å². The highest BCUT2D eigenvalue weighted by Crippen LogP contribution is 2.34. The first kappa shape index (κ1) is 19.3. The van der Waals surface area contributed by atoms with Crippen LogP contribution in [0.15, 0.2) is 24.5 Å². The molecular weight excluding hydrogens is 370 g/mol. The molecule has 1 saturated heterocycles. The van der Waals surface area contributed by atoms with E-state index in [1.165, 1.54) is 11.1 Å². The summed E-state index contributed by atoms with van der Waals surface area (Å²) in [5.74, 6) is 3.49. The topological polar surface area (TPSA) is 71.0 Å². The molecule has 29 heavy (non-hydrogen) atoms. The smallest absolute Gasteiger partial charge is 0.219 e. The van der Waals surface area contributed by atoms with E-state index in [1.54, 1.807) is 27.5 Å². The minimum absolute atomic E-state index is 0.132. The Morgan fingerprint density at radius 3 is 2.10 bits per heavy atom. The van der Waals surface area contributed by atoms with Gasteiger partial charge in [0.2, 0.25) is 5.91 Å². The molecule has 1 amide bonds. The SMILES string of the molecule is COc1cc2c(cc1OC)CN(c1cc(N3CCN(C(C)=O)CC3)ncn1)CC2. The second-order valence-electron chi connectivity index (χ2n) is 7.37. The van der Waals surface area contributed by atoms with Gasteiger partial charge in [0.25, 0.3) is 0 Å². The molecular formula is C21H27N5O3. The molecule has 0 bridgehead atoms. The average molecular weight is 397 g/mol. The molecule has 2 aliphatic rings. The number of amides is 1. The van der Waals surface area contributed by atoms with Gasteiger partial charge in [0.1, 0.15) is 18.0 Å². The number of anilines is 2. The van der Waals surface area contributed by atoms with Crippen molar-refractivity contribution >= 4 is 17.5 Å². The lowest BCUT2D eigenvalue weighted by Gasteiger charge is -2.35. The molecule has 1 aromatic carbocycles. The molecule has 0 atom stereocenters. The third-order valence-corrected chi connectivity index (χ3v) is 5.73. The molecule has 8 heteroatoms. The number of carbonyl (C=O) groups excluding carboxylic acids is 1. The van der Waals surface area contributed by atoms with E-state index < -0.39 is 0 Å². The van der Waals surface area contributed by atoms with Gasteiger partial charge in [-0.1, -0.05) is 0 Å². The normalized spacial score (nSPS) is 16.4. The Kier molecular flexibility index (Phi) is 5.42. The van der Waals surface area contributed by atoms with Gasteiger partial charge in [0, 0.05) is 52.3 Å². The number of nitrogens with zero attached hydrogens (tertiary/aromatic N) is 5. The van der Waals surface area contributed by atoms with Crippen molar-refractivity contribution in [1.82, 2.24) is 14.9 Å². The minimum Gasteiger partial charge on any atom is -0.493 e. The van der Waals surface area contributed by atoms with Crippen LogP contribution >= 0.6 is 0 Å². The summed E-state index contributed by atoms with van der Waals surface area (Å²) in [6.45, 7) is 6.31. The fourth-order valence-electron chi connectivity index (χ4n) is 4.01. The van der Waals surface area contributed by atoms with E-state index in [9.17, 15) is 4.79 Å². The molecule has 0 N–H and O–H groups in total. The van der Waals surface area contributed by atoms with Crippen LogP contribution in [0.4, 0.5) is 11.6 Å². The van der Waals surface area contributed by atoms with Crippen molar-refractivity contribution in [3.63, 3.8) is 0 Å². The first-order valence-electron chi connectivity index (χ1n) is 9.90. The summed E-state index contributed by atoms with van der Waals surface area (Å²) >= 11 is 0. The zero-order valence-corrected chi connectivity index (χ0v) is 17.2. The fourth-order valence-corrected chi connectivity index (χ4v) is 4.01. The fraction of sp³-hybridized carbons (Fsp3) is 0.476. The molecule has 1 fully saturated rings.